The molecule has 0 radical (unpaired) electrons. The van der Waals surface area contributed by atoms with E-state index in [1.54, 1.807) is 15.9 Å². The molecule has 1 atom stereocenters. The van der Waals surface area contributed by atoms with Crippen LogP contribution in [0.5, 0.6) is 0 Å². The SMILES string of the molecule is O=C(O)C1CCN(c2ccc3nnc(-c4ccsc4)n3n2)C1. The van der Waals surface area contributed by atoms with Gasteiger partial charge in [-0.25, -0.2) is 0 Å². The van der Waals surface area contributed by atoms with Gasteiger partial charge in [-0.05, 0) is 30.0 Å². The molecule has 1 saturated heterocycles. The van der Waals surface area contributed by atoms with Gasteiger partial charge in [0.25, 0.3) is 0 Å². The molecule has 1 N–H and O–H groups in total. The molecule has 7 nitrogen and oxygen atoms in total. The highest BCUT2D eigenvalue weighted by atomic mass is 32.1. The van der Waals surface area contributed by atoms with Gasteiger partial charge in [-0.2, -0.15) is 15.9 Å². The number of carbonyl (C=O) groups is 1. The summed E-state index contributed by atoms with van der Waals surface area (Å²) >= 11 is 1.59. The summed E-state index contributed by atoms with van der Waals surface area (Å²) in [6.07, 6.45) is 0.647. The van der Waals surface area contributed by atoms with Crippen molar-refractivity contribution in [3.63, 3.8) is 0 Å². The van der Waals surface area contributed by atoms with E-state index in [1.165, 1.54) is 0 Å². The molecule has 1 unspecified atom stereocenters. The van der Waals surface area contributed by atoms with Gasteiger partial charge in [0.15, 0.2) is 11.5 Å². The van der Waals surface area contributed by atoms with Crippen LogP contribution in [0.15, 0.2) is 29.0 Å². The predicted molar refractivity (Wildman–Crippen MR) is 82.1 cm³/mol. The zero-order valence-corrected chi connectivity index (χ0v) is 12.4. The molecule has 0 spiro atoms. The van der Waals surface area contributed by atoms with Crippen LogP contribution in [0.3, 0.4) is 0 Å². The van der Waals surface area contributed by atoms with E-state index in [2.05, 4.69) is 15.3 Å². The lowest BCUT2D eigenvalue weighted by Crippen LogP contribution is -2.24. The van der Waals surface area contributed by atoms with Crippen LogP contribution in [0.25, 0.3) is 17.0 Å². The maximum Gasteiger partial charge on any atom is 0.308 e. The lowest BCUT2D eigenvalue weighted by molar-refractivity contribution is -0.140. The molecule has 112 valence electrons. The summed E-state index contributed by atoms with van der Waals surface area (Å²) in [5.41, 5.74) is 1.66. The van der Waals surface area contributed by atoms with Crippen LogP contribution < -0.4 is 4.90 Å². The summed E-state index contributed by atoms with van der Waals surface area (Å²) in [5, 5.41) is 26.0. The van der Waals surface area contributed by atoms with Crippen molar-refractivity contribution in [2.24, 2.45) is 5.92 Å². The van der Waals surface area contributed by atoms with E-state index in [1.807, 2.05) is 33.9 Å². The van der Waals surface area contributed by atoms with Crippen molar-refractivity contribution in [2.75, 3.05) is 18.0 Å². The Bertz CT molecular complexity index is 829. The second kappa shape index (κ2) is 5.06. The molecule has 0 amide bonds. The van der Waals surface area contributed by atoms with Gasteiger partial charge in [-0.15, -0.1) is 15.3 Å². The number of carboxylic acids is 1. The lowest BCUT2D eigenvalue weighted by atomic mass is 10.1. The highest BCUT2D eigenvalue weighted by Gasteiger charge is 2.29. The molecule has 22 heavy (non-hydrogen) atoms. The fourth-order valence-corrected chi connectivity index (χ4v) is 3.32. The Labute approximate surface area is 129 Å². The second-order valence-corrected chi connectivity index (χ2v) is 6.05. The second-order valence-electron chi connectivity index (χ2n) is 5.27. The maximum atomic E-state index is 11.1. The molecule has 1 aliphatic rings. The van der Waals surface area contributed by atoms with Gasteiger partial charge in [-0.1, -0.05) is 0 Å². The first-order valence-corrected chi connectivity index (χ1v) is 7.89. The third-order valence-corrected chi connectivity index (χ3v) is 4.57. The van der Waals surface area contributed by atoms with Crippen molar-refractivity contribution in [2.45, 2.75) is 6.42 Å². The molecule has 8 heteroatoms. The Morgan fingerprint density at radius 1 is 1.32 bits per heavy atom. The van der Waals surface area contributed by atoms with Crippen LogP contribution in [0.4, 0.5) is 5.82 Å². The highest BCUT2D eigenvalue weighted by Crippen LogP contribution is 2.25. The van der Waals surface area contributed by atoms with Gasteiger partial charge >= 0.3 is 5.97 Å². The highest BCUT2D eigenvalue weighted by molar-refractivity contribution is 7.08. The van der Waals surface area contributed by atoms with Crippen molar-refractivity contribution in [3.05, 3.63) is 29.0 Å². The number of aromatic nitrogens is 4. The normalized spacial score (nSPS) is 18.2. The van der Waals surface area contributed by atoms with Gasteiger partial charge in [0.2, 0.25) is 0 Å². The van der Waals surface area contributed by atoms with E-state index < -0.39 is 5.97 Å². The standard InChI is InChI=1S/C14H13N5O2S/c20-14(21)9-3-5-18(7-9)12-2-1-11-15-16-13(19(11)17-12)10-4-6-22-8-10/h1-2,4,6,8-9H,3,5,7H2,(H,20,21). The first-order chi connectivity index (χ1) is 10.7. The number of hydrogen-bond acceptors (Lipinski definition) is 6. The summed E-state index contributed by atoms with van der Waals surface area (Å²) in [6, 6.07) is 5.71. The average molecular weight is 315 g/mol. The molecule has 0 bridgehead atoms. The van der Waals surface area contributed by atoms with Crippen molar-refractivity contribution < 1.29 is 9.90 Å². The molecule has 4 heterocycles. The molecule has 1 fully saturated rings. The minimum Gasteiger partial charge on any atom is -0.481 e. The van der Waals surface area contributed by atoms with Crippen LogP contribution in [-0.2, 0) is 4.79 Å². The monoisotopic (exact) mass is 315 g/mol. The Hall–Kier alpha value is -2.48. The van der Waals surface area contributed by atoms with Crippen LogP contribution >= 0.6 is 11.3 Å². The van der Waals surface area contributed by atoms with Gasteiger partial charge in [0, 0.05) is 24.0 Å². The van der Waals surface area contributed by atoms with Crippen molar-refractivity contribution in [3.8, 4) is 11.4 Å². The van der Waals surface area contributed by atoms with Crippen LogP contribution in [0.2, 0.25) is 0 Å². The minimum absolute atomic E-state index is 0.324. The van der Waals surface area contributed by atoms with E-state index in [4.69, 9.17) is 5.11 Å². The van der Waals surface area contributed by atoms with Gasteiger partial charge in [0.05, 0.1) is 5.92 Å². The molecule has 3 aromatic rings. The smallest absolute Gasteiger partial charge is 0.308 e. The van der Waals surface area contributed by atoms with Crippen molar-refractivity contribution in [1.29, 1.82) is 0 Å². The van der Waals surface area contributed by atoms with Crippen molar-refractivity contribution >= 4 is 28.8 Å². The van der Waals surface area contributed by atoms with Gasteiger partial charge in [0.1, 0.15) is 5.82 Å². The van der Waals surface area contributed by atoms with Gasteiger partial charge in [-0.3, -0.25) is 4.79 Å². The van der Waals surface area contributed by atoms with Crippen LogP contribution in [0.1, 0.15) is 6.42 Å². The number of fused-ring (bicyclic) bond motifs is 1. The number of anilines is 1. The van der Waals surface area contributed by atoms with E-state index in [9.17, 15) is 4.79 Å². The van der Waals surface area contributed by atoms with E-state index in [0.29, 0.717) is 31.0 Å². The van der Waals surface area contributed by atoms with E-state index in [-0.39, 0.29) is 5.92 Å². The fraction of sp³-hybridized carbons (Fsp3) is 0.286. The Morgan fingerprint density at radius 2 is 2.23 bits per heavy atom. The minimum atomic E-state index is -0.744. The number of rotatable bonds is 3. The average Bonchev–Trinajstić information content (AvgIpc) is 3.25. The Morgan fingerprint density at radius 3 is 2.95 bits per heavy atom. The Kier molecular flexibility index (Phi) is 3.04. The maximum absolute atomic E-state index is 11.1. The largest absolute Gasteiger partial charge is 0.481 e. The van der Waals surface area contributed by atoms with Crippen molar-refractivity contribution in [1.82, 2.24) is 19.8 Å². The molecular weight excluding hydrogens is 302 g/mol. The molecule has 1 aliphatic heterocycles. The molecule has 4 rings (SSSR count). The summed E-state index contributed by atoms with van der Waals surface area (Å²) in [5.74, 6) is 0.390. The quantitative estimate of drug-likeness (QED) is 0.793. The predicted octanol–water partition coefficient (Wildman–Crippen LogP) is 1.76. The summed E-state index contributed by atoms with van der Waals surface area (Å²) < 4.78 is 1.71. The zero-order chi connectivity index (χ0) is 15.1. The fourth-order valence-electron chi connectivity index (χ4n) is 2.69. The summed E-state index contributed by atoms with van der Waals surface area (Å²) in [4.78, 5) is 13.1. The van der Waals surface area contributed by atoms with Gasteiger partial charge < -0.3 is 10.0 Å². The number of thiophene rings is 1. The first-order valence-electron chi connectivity index (χ1n) is 6.95. The van der Waals surface area contributed by atoms with E-state index in [0.717, 1.165) is 11.4 Å². The number of carboxylic acid groups (broad SMARTS) is 1. The summed E-state index contributed by atoms with van der Waals surface area (Å²) in [6.45, 7) is 1.19. The Balaban J connectivity index is 1.71. The first kappa shape index (κ1) is 13.2. The third-order valence-electron chi connectivity index (χ3n) is 3.89. The molecule has 3 aromatic heterocycles. The van der Waals surface area contributed by atoms with Crippen LogP contribution in [0, 0.1) is 5.92 Å². The van der Waals surface area contributed by atoms with Crippen LogP contribution in [-0.4, -0.2) is 44.0 Å². The lowest BCUT2D eigenvalue weighted by Gasteiger charge is -2.16. The van der Waals surface area contributed by atoms with E-state index >= 15 is 0 Å². The summed E-state index contributed by atoms with van der Waals surface area (Å²) in [7, 11) is 0. The number of hydrogen-bond donors (Lipinski definition) is 1. The number of nitrogens with zero attached hydrogens (tertiary/aromatic N) is 5. The molecule has 0 aliphatic carbocycles. The number of aliphatic carboxylic acids is 1. The molecule has 0 saturated carbocycles. The molecule has 0 aromatic carbocycles. The third kappa shape index (κ3) is 2.12. The topological polar surface area (TPSA) is 83.6 Å². The molecular formula is C14H13N5O2S. The zero-order valence-electron chi connectivity index (χ0n) is 11.6.